The van der Waals surface area contributed by atoms with Gasteiger partial charge in [0.05, 0.1) is 24.1 Å². The fourth-order valence-corrected chi connectivity index (χ4v) is 3.73. The molecule has 0 saturated carbocycles. The van der Waals surface area contributed by atoms with Crippen molar-refractivity contribution in [2.75, 3.05) is 12.4 Å². The third-order valence-electron chi connectivity index (χ3n) is 4.37. The summed E-state index contributed by atoms with van der Waals surface area (Å²) in [7, 11) is 1.31. The Balaban J connectivity index is 1.65. The van der Waals surface area contributed by atoms with Gasteiger partial charge in [-0.1, -0.05) is 42.0 Å². The molecule has 1 N–H and O–H groups in total. The first kappa shape index (κ1) is 17.9. The quantitative estimate of drug-likeness (QED) is 0.523. The van der Waals surface area contributed by atoms with Gasteiger partial charge < -0.3 is 10.1 Å². The monoisotopic (exact) mass is 391 g/mol. The van der Waals surface area contributed by atoms with Crippen molar-refractivity contribution in [1.82, 2.24) is 9.38 Å². The van der Waals surface area contributed by atoms with E-state index in [1.807, 2.05) is 37.4 Å². The average Bonchev–Trinajstić information content (AvgIpc) is 3.29. The summed E-state index contributed by atoms with van der Waals surface area (Å²) in [6.07, 6.45) is 1.84. The van der Waals surface area contributed by atoms with E-state index in [-0.39, 0.29) is 5.91 Å². The molecule has 7 heteroatoms. The number of fused-ring (bicyclic) bond motifs is 1. The Hall–Kier alpha value is -3.45. The number of amides is 1. The van der Waals surface area contributed by atoms with E-state index in [1.54, 1.807) is 34.0 Å². The standard InChI is InChI=1S/C21H17N3O3S/c1-13-7-9-14(10-8-13)17-11-24-18(12-28-21(24)23-17)19(25)22-16-6-4-3-5-15(16)20(26)27-2/h3-12H,1-2H3,(H,22,25). The lowest BCUT2D eigenvalue weighted by atomic mass is 10.1. The Kier molecular flexibility index (Phi) is 4.67. The van der Waals surface area contributed by atoms with Gasteiger partial charge in [-0.15, -0.1) is 11.3 Å². The highest BCUT2D eigenvalue weighted by Crippen LogP contribution is 2.25. The highest BCUT2D eigenvalue weighted by atomic mass is 32.1. The van der Waals surface area contributed by atoms with E-state index in [4.69, 9.17) is 4.74 Å². The van der Waals surface area contributed by atoms with Crippen LogP contribution in [0.5, 0.6) is 0 Å². The highest BCUT2D eigenvalue weighted by molar-refractivity contribution is 7.15. The molecule has 0 aliphatic carbocycles. The van der Waals surface area contributed by atoms with Gasteiger partial charge in [-0.2, -0.15) is 0 Å². The van der Waals surface area contributed by atoms with Gasteiger partial charge in [-0.05, 0) is 19.1 Å². The van der Waals surface area contributed by atoms with Gasteiger partial charge in [0.1, 0.15) is 5.69 Å². The number of ether oxygens (including phenoxy) is 1. The number of methoxy groups -OCH3 is 1. The molecular formula is C21H17N3O3S. The summed E-state index contributed by atoms with van der Waals surface area (Å²) < 4.78 is 6.54. The Morgan fingerprint density at radius 3 is 2.61 bits per heavy atom. The van der Waals surface area contributed by atoms with Gasteiger partial charge in [0, 0.05) is 17.1 Å². The number of thiazole rings is 1. The first-order valence-corrected chi connectivity index (χ1v) is 9.47. The molecule has 0 aliphatic heterocycles. The number of esters is 1. The molecule has 0 spiro atoms. The molecule has 6 nitrogen and oxygen atoms in total. The molecule has 4 rings (SSSR count). The minimum Gasteiger partial charge on any atom is -0.465 e. The first-order chi connectivity index (χ1) is 13.6. The molecule has 0 bridgehead atoms. The molecule has 0 fully saturated rings. The zero-order valence-corrected chi connectivity index (χ0v) is 16.1. The number of imidazole rings is 1. The van der Waals surface area contributed by atoms with Crippen molar-refractivity contribution in [2.24, 2.45) is 0 Å². The predicted octanol–water partition coefficient (Wildman–Crippen LogP) is 4.41. The van der Waals surface area contributed by atoms with Crippen LogP contribution < -0.4 is 5.32 Å². The lowest BCUT2D eigenvalue weighted by Crippen LogP contribution is -2.16. The second kappa shape index (κ2) is 7.28. The summed E-state index contributed by atoms with van der Waals surface area (Å²) in [6, 6.07) is 14.8. The van der Waals surface area contributed by atoms with E-state index in [0.717, 1.165) is 16.2 Å². The maximum Gasteiger partial charge on any atom is 0.339 e. The number of nitrogens with one attached hydrogen (secondary N) is 1. The van der Waals surface area contributed by atoms with E-state index in [0.29, 0.717) is 16.9 Å². The normalized spacial score (nSPS) is 10.8. The van der Waals surface area contributed by atoms with E-state index < -0.39 is 5.97 Å². The van der Waals surface area contributed by atoms with Crippen molar-refractivity contribution in [3.63, 3.8) is 0 Å². The predicted molar refractivity (Wildman–Crippen MR) is 109 cm³/mol. The summed E-state index contributed by atoms with van der Waals surface area (Å²) >= 11 is 1.39. The molecule has 2 aromatic heterocycles. The smallest absolute Gasteiger partial charge is 0.339 e. The molecule has 2 aromatic carbocycles. The third kappa shape index (κ3) is 3.27. The fourth-order valence-electron chi connectivity index (χ4n) is 2.88. The lowest BCUT2D eigenvalue weighted by Gasteiger charge is -2.09. The van der Waals surface area contributed by atoms with Gasteiger partial charge in [0.25, 0.3) is 5.91 Å². The van der Waals surface area contributed by atoms with Gasteiger partial charge >= 0.3 is 5.97 Å². The van der Waals surface area contributed by atoms with Crippen LogP contribution in [0.15, 0.2) is 60.1 Å². The summed E-state index contributed by atoms with van der Waals surface area (Å²) in [6.45, 7) is 2.03. The number of benzene rings is 2. The van der Waals surface area contributed by atoms with E-state index >= 15 is 0 Å². The Morgan fingerprint density at radius 2 is 1.86 bits per heavy atom. The number of aromatic nitrogens is 2. The van der Waals surface area contributed by atoms with Crippen LogP contribution in [-0.4, -0.2) is 28.4 Å². The molecular weight excluding hydrogens is 374 g/mol. The SMILES string of the molecule is COC(=O)c1ccccc1NC(=O)c1csc2nc(-c3ccc(C)cc3)cn12. The van der Waals surface area contributed by atoms with Crippen molar-refractivity contribution < 1.29 is 14.3 Å². The number of nitrogens with zero attached hydrogens (tertiary/aromatic N) is 2. The minimum atomic E-state index is -0.504. The average molecular weight is 391 g/mol. The summed E-state index contributed by atoms with van der Waals surface area (Å²) in [5.41, 5.74) is 4.12. The molecule has 4 aromatic rings. The summed E-state index contributed by atoms with van der Waals surface area (Å²) in [4.78, 5) is 30.1. The third-order valence-corrected chi connectivity index (χ3v) is 5.21. The molecule has 0 atom stereocenters. The minimum absolute atomic E-state index is 0.302. The van der Waals surface area contributed by atoms with Crippen LogP contribution in [-0.2, 0) is 4.74 Å². The van der Waals surface area contributed by atoms with Crippen molar-refractivity contribution >= 4 is 33.9 Å². The second-order valence-corrected chi connectivity index (χ2v) is 7.09. The van der Waals surface area contributed by atoms with Crippen LogP contribution in [0.25, 0.3) is 16.2 Å². The van der Waals surface area contributed by atoms with Crippen LogP contribution in [0.4, 0.5) is 5.69 Å². The number of hydrogen-bond acceptors (Lipinski definition) is 5. The van der Waals surface area contributed by atoms with Crippen LogP contribution in [0, 0.1) is 6.92 Å². The summed E-state index contributed by atoms with van der Waals surface area (Å²) in [5.74, 6) is -0.828. The van der Waals surface area contributed by atoms with Crippen LogP contribution in [0.3, 0.4) is 0 Å². The zero-order valence-electron chi connectivity index (χ0n) is 15.3. The van der Waals surface area contributed by atoms with Gasteiger partial charge in [-0.3, -0.25) is 9.20 Å². The fraction of sp³-hybridized carbons (Fsp3) is 0.0952. The molecule has 0 aliphatic rings. The number of para-hydroxylation sites is 1. The Labute approximate surface area is 165 Å². The van der Waals surface area contributed by atoms with E-state index in [9.17, 15) is 9.59 Å². The number of carbonyl (C=O) groups is 2. The highest BCUT2D eigenvalue weighted by Gasteiger charge is 2.18. The number of anilines is 1. The topological polar surface area (TPSA) is 72.7 Å². The van der Waals surface area contributed by atoms with Crippen LogP contribution in [0.2, 0.25) is 0 Å². The first-order valence-electron chi connectivity index (χ1n) is 8.59. The number of hydrogen-bond donors (Lipinski definition) is 1. The van der Waals surface area contributed by atoms with Crippen molar-refractivity contribution in [1.29, 1.82) is 0 Å². The van der Waals surface area contributed by atoms with Crippen molar-refractivity contribution in [2.45, 2.75) is 6.92 Å². The van der Waals surface area contributed by atoms with Crippen LogP contribution >= 0.6 is 11.3 Å². The van der Waals surface area contributed by atoms with Crippen molar-refractivity contribution in [3.05, 3.63) is 76.9 Å². The number of rotatable bonds is 4. The molecule has 0 saturated heterocycles. The molecule has 0 unspecified atom stereocenters. The molecule has 1 amide bonds. The Morgan fingerprint density at radius 1 is 1.11 bits per heavy atom. The van der Waals surface area contributed by atoms with E-state index in [1.165, 1.54) is 24.0 Å². The molecule has 28 heavy (non-hydrogen) atoms. The number of aryl methyl sites for hydroxylation is 1. The largest absolute Gasteiger partial charge is 0.465 e. The van der Waals surface area contributed by atoms with Gasteiger partial charge in [-0.25, -0.2) is 9.78 Å². The van der Waals surface area contributed by atoms with Crippen LogP contribution in [0.1, 0.15) is 26.4 Å². The molecule has 0 radical (unpaired) electrons. The van der Waals surface area contributed by atoms with Crippen molar-refractivity contribution in [3.8, 4) is 11.3 Å². The lowest BCUT2D eigenvalue weighted by molar-refractivity contribution is 0.0602. The van der Waals surface area contributed by atoms with Gasteiger partial charge in [0.15, 0.2) is 4.96 Å². The van der Waals surface area contributed by atoms with E-state index in [2.05, 4.69) is 10.3 Å². The maximum atomic E-state index is 12.8. The maximum absolute atomic E-state index is 12.8. The van der Waals surface area contributed by atoms with Gasteiger partial charge in [0.2, 0.25) is 0 Å². The molecule has 140 valence electrons. The number of carbonyl (C=O) groups excluding carboxylic acids is 2. The summed E-state index contributed by atoms with van der Waals surface area (Å²) in [5, 5.41) is 4.54. The zero-order chi connectivity index (χ0) is 19.7. The molecule has 2 heterocycles. The second-order valence-electron chi connectivity index (χ2n) is 6.26. The Bertz CT molecular complexity index is 1180.